The molecular formula is C14H19N3S. The second-order valence-corrected chi connectivity index (χ2v) is 6.98. The molecule has 3 rings (SSSR count). The van der Waals surface area contributed by atoms with Gasteiger partial charge in [-0.05, 0) is 45.2 Å². The van der Waals surface area contributed by atoms with Gasteiger partial charge in [0.1, 0.15) is 11.1 Å². The Morgan fingerprint density at radius 2 is 2.22 bits per heavy atom. The van der Waals surface area contributed by atoms with E-state index < -0.39 is 0 Å². The number of rotatable bonds is 1. The molecule has 1 aromatic rings. The molecule has 0 aromatic carbocycles. The fraction of sp³-hybridized carbons (Fsp3) is 0.643. The van der Waals surface area contributed by atoms with E-state index in [0.717, 1.165) is 30.1 Å². The van der Waals surface area contributed by atoms with Gasteiger partial charge in [0.05, 0.1) is 5.56 Å². The van der Waals surface area contributed by atoms with Crippen molar-refractivity contribution < 1.29 is 0 Å². The van der Waals surface area contributed by atoms with E-state index >= 15 is 0 Å². The smallest absolute Gasteiger partial charge is 0.104 e. The molecule has 96 valence electrons. The van der Waals surface area contributed by atoms with E-state index in [2.05, 4.69) is 24.8 Å². The van der Waals surface area contributed by atoms with Crippen LogP contribution in [0, 0.1) is 11.3 Å². The van der Waals surface area contributed by atoms with Crippen LogP contribution >= 0.6 is 11.3 Å². The number of thiophene rings is 1. The summed E-state index contributed by atoms with van der Waals surface area (Å²) in [7, 11) is 0. The van der Waals surface area contributed by atoms with Gasteiger partial charge in [0, 0.05) is 22.9 Å². The molecule has 1 fully saturated rings. The fourth-order valence-corrected chi connectivity index (χ4v) is 4.72. The number of hydrogen-bond donors (Lipinski definition) is 1. The molecule has 0 bridgehead atoms. The van der Waals surface area contributed by atoms with E-state index in [1.165, 1.54) is 23.3 Å². The Labute approximate surface area is 112 Å². The van der Waals surface area contributed by atoms with Crippen LogP contribution in [0.5, 0.6) is 0 Å². The number of nitriles is 1. The normalized spacial score (nSPS) is 27.0. The average Bonchev–Trinajstić information content (AvgIpc) is 2.96. The maximum Gasteiger partial charge on any atom is 0.104 e. The SMILES string of the molecule is CC(C)N1CCC2(CCc3sc(N)c(C#N)c32)C1. The lowest BCUT2D eigenvalue weighted by atomic mass is 9.80. The Morgan fingerprint density at radius 1 is 1.44 bits per heavy atom. The number of hydrogen-bond acceptors (Lipinski definition) is 4. The molecule has 0 amide bonds. The average molecular weight is 261 g/mol. The first-order valence-corrected chi connectivity index (χ1v) is 7.45. The summed E-state index contributed by atoms with van der Waals surface area (Å²) in [6, 6.07) is 2.93. The molecule has 2 aliphatic rings. The molecule has 2 heterocycles. The van der Waals surface area contributed by atoms with Crippen molar-refractivity contribution >= 4 is 16.3 Å². The highest BCUT2D eigenvalue weighted by Crippen LogP contribution is 2.51. The number of likely N-dealkylation sites (tertiary alicyclic amines) is 1. The Hall–Kier alpha value is -1.05. The number of aryl methyl sites for hydroxylation is 1. The van der Waals surface area contributed by atoms with Crippen LogP contribution in [0.1, 0.15) is 42.7 Å². The van der Waals surface area contributed by atoms with Crippen LogP contribution in [0.4, 0.5) is 5.00 Å². The summed E-state index contributed by atoms with van der Waals surface area (Å²) in [6.45, 7) is 6.75. The van der Waals surface area contributed by atoms with Gasteiger partial charge in [-0.2, -0.15) is 5.26 Å². The molecule has 1 unspecified atom stereocenters. The monoisotopic (exact) mass is 261 g/mol. The molecule has 1 aliphatic heterocycles. The first kappa shape index (κ1) is 12.0. The highest BCUT2D eigenvalue weighted by Gasteiger charge is 2.47. The third-order valence-electron chi connectivity index (χ3n) is 4.59. The van der Waals surface area contributed by atoms with Gasteiger partial charge in [0.25, 0.3) is 0 Å². The van der Waals surface area contributed by atoms with Crippen LogP contribution in [0.2, 0.25) is 0 Å². The second-order valence-electron chi connectivity index (χ2n) is 5.85. The Kier molecular flexibility index (Phi) is 2.65. The molecular weight excluding hydrogens is 242 g/mol. The summed E-state index contributed by atoms with van der Waals surface area (Å²) in [5, 5.41) is 10.1. The Morgan fingerprint density at radius 3 is 2.83 bits per heavy atom. The first-order chi connectivity index (χ1) is 8.57. The van der Waals surface area contributed by atoms with Gasteiger partial charge >= 0.3 is 0 Å². The van der Waals surface area contributed by atoms with Crippen molar-refractivity contribution in [2.75, 3.05) is 18.8 Å². The molecule has 4 heteroatoms. The van der Waals surface area contributed by atoms with E-state index in [0.29, 0.717) is 6.04 Å². The van der Waals surface area contributed by atoms with Gasteiger partial charge in [-0.15, -0.1) is 11.3 Å². The van der Waals surface area contributed by atoms with Crippen molar-refractivity contribution in [3.8, 4) is 6.07 Å². The number of nitrogens with two attached hydrogens (primary N) is 1. The maximum absolute atomic E-state index is 9.35. The van der Waals surface area contributed by atoms with Gasteiger partial charge in [-0.1, -0.05) is 0 Å². The van der Waals surface area contributed by atoms with E-state index in [1.54, 1.807) is 11.3 Å². The topological polar surface area (TPSA) is 53.0 Å². The predicted octanol–water partition coefficient (Wildman–Crippen LogP) is 2.50. The minimum absolute atomic E-state index is 0.221. The lowest BCUT2D eigenvalue weighted by molar-refractivity contribution is 0.255. The summed E-state index contributed by atoms with van der Waals surface area (Å²) in [6.07, 6.45) is 3.49. The van der Waals surface area contributed by atoms with Crippen molar-refractivity contribution in [3.63, 3.8) is 0 Å². The zero-order valence-corrected chi connectivity index (χ0v) is 11.8. The van der Waals surface area contributed by atoms with Gasteiger partial charge < -0.3 is 10.6 Å². The number of nitrogens with zero attached hydrogens (tertiary/aromatic N) is 2. The van der Waals surface area contributed by atoms with Gasteiger partial charge in [-0.25, -0.2) is 0 Å². The summed E-state index contributed by atoms with van der Waals surface area (Å²) in [4.78, 5) is 3.90. The summed E-state index contributed by atoms with van der Waals surface area (Å²) >= 11 is 1.64. The molecule has 1 aromatic heterocycles. The standard InChI is InChI=1S/C14H19N3S/c1-9(2)17-6-5-14(8-17)4-3-11-12(14)10(7-15)13(16)18-11/h9H,3-6,8,16H2,1-2H3. The van der Waals surface area contributed by atoms with Gasteiger partial charge in [0.2, 0.25) is 0 Å². The van der Waals surface area contributed by atoms with Gasteiger partial charge in [-0.3, -0.25) is 0 Å². The third-order valence-corrected chi connectivity index (χ3v) is 5.67. The highest BCUT2D eigenvalue weighted by molar-refractivity contribution is 7.16. The molecule has 0 radical (unpaired) electrons. The molecule has 3 nitrogen and oxygen atoms in total. The number of anilines is 1. The number of fused-ring (bicyclic) bond motifs is 2. The first-order valence-electron chi connectivity index (χ1n) is 6.63. The number of nitrogen functional groups attached to an aromatic ring is 1. The van der Waals surface area contributed by atoms with Crippen molar-refractivity contribution in [2.45, 2.75) is 44.6 Å². The summed E-state index contributed by atoms with van der Waals surface area (Å²) in [5.41, 5.74) is 8.29. The van der Waals surface area contributed by atoms with Crippen LogP contribution in [-0.4, -0.2) is 24.0 Å². The maximum atomic E-state index is 9.35. The minimum atomic E-state index is 0.221. The predicted molar refractivity (Wildman–Crippen MR) is 74.8 cm³/mol. The van der Waals surface area contributed by atoms with E-state index in [9.17, 15) is 5.26 Å². The molecule has 1 spiro atoms. The largest absolute Gasteiger partial charge is 0.389 e. The third kappa shape index (κ3) is 1.51. The highest BCUT2D eigenvalue weighted by atomic mass is 32.1. The van der Waals surface area contributed by atoms with Crippen molar-refractivity contribution in [1.29, 1.82) is 5.26 Å². The lowest BCUT2D eigenvalue weighted by Crippen LogP contribution is -2.33. The van der Waals surface area contributed by atoms with E-state index in [1.807, 2.05) is 0 Å². The molecule has 0 saturated carbocycles. The van der Waals surface area contributed by atoms with E-state index in [4.69, 9.17) is 5.73 Å². The van der Waals surface area contributed by atoms with Gasteiger partial charge in [0.15, 0.2) is 0 Å². The summed E-state index contributed by atoms with van der Waals surface area (Å²) < 4.78 is 0. The zero-order valence-electron chi connectivity index (χ0n) is 11.0. The fourth-order valence-electron chi connectivity index (χ4n) is 3.58. The van der Waals surface area contributed by atoms with Crippen LogP contribution < -0.4 is 5.73 Å². The summed E-state index contributed by atoms with van der Waals surface area (Å²) in [5.74, 6) is 0. The van der Waals surface area contributed by atoms with Crippen molar-refractivity contribution in [3.05, 3.63) is 16.0 Å². The lowest BCUT2D eigenvalue weighted by Gasteiger charge is -2.27. The molecule has 1 aliphatic carbocycles. The molecule has 2 N–H and O–H groups in total. The molecule has 1 atom stereocenters. The Balaban J connectivity index is 2.03. The minimum Gasteiger partial charge on any atom is -0.389 e. The van der Waals surface area contributed by atoms with Crippen molar-refractivity contribution in [1.82, 2.24) is 4.90 Å². The van der Waals surface area contributed by atoms with Crippen LogP contribution in [0.15, 0.2) is 0 Å². The van der Waals surface area contributed by atoms with Crippen LogP contribution in [0.3, 0.4) is 0 Å². The zero-order chi connectivity index (χ0) is 12.9. The van der Waals surface area contributed by atoms with Crippen LogP contribution in [-0.2, 0) is 11.8 Å². The van der Waals surface area contributed by atoms with Crippen LogP contribution in [0.25, 0.3) is 0 Å². The molecule has 1 saturated heterocycles. The molecule has 18 heavy (non-hydrogen) atoms. The quantitative estimate of drug-likeness (QED) is 0.845. The second kappa shape index (κ2) is 3.97. The van der Waals surface area contributed by atoms with E-state index in [-0.39, 0.29) is 5.41 Å². The van der Waals surface area contributed by atoms with Crippen molar-refractivity contribution in [2.24, 2.45) is 0 Å². The Bertz CT molecular complexity index is 526.